The molecule has 0 aliphatic heterocycles. The van der Waals surface area contributed by atoms with E-state index >= 15 is 0 Å². The second-order valence-electron chi connectivity index (χ2n) is 4.54. The van der Waals surface area contributed by atoms with Crippen LogP contribution in [0.3, 0.4) is 0 Å². The highest BCUT2D eigenvalue weighted by Gasteiger charge is 2.12. The minimum atomic E-state index is -0.574. The Balaban J connectivity index is 2.14. The van der Waals surface area contributed by atoms with Crippen LogP contribution in [-0.2, 0) is 11.3 Å². The highest BCUT2D eigenvalue weighted by Crippen LogP contribution is 2.03. The van der Waals surface area contributed by atoms with Crippen molar-refractivity contribution in [1.82, 2.24) is 5.32 Å². The molecule has 4 nitrogen and oxygen atoms in total. The van der Waals surface area contributed by atoms with Gasteiger partial charge < -0.3 is 19.6 Å². The summed E-state index contributed by atoms with van der Waals surface area (Å²) in [6.45, 7) is 5.12. The second-order valence-corrected chi connectivity index (χ2v) is 4.54. The average Bonchev–Trinajstić information content (AvgIpc) is 2.82. The van der Waals surface area contributed by atoms with Crippen molar-refractivity contribution in [2.75, 3.05) is 13.2 Å². The summed E-state index contributed by atoms with van der Waals surface area (Å²) in [6, 6.07) is 3.61. The fraction of sp³-hybridized carbons (Fsp3) is 0.571. The molecular weight excluding hydrogens is 230 g/mol. The monoisotopic (exact) mass is 251 g/mol. The molecule has 100 valence electrons. The summed E-state index contributed by atoms with van der Waals surface area (Å²) in [7, 11) is 0. The van der Waals surface area contributed by atoms with Crippen LogP contribution in [-0.4, -0.2) is 30.4 Å². The van der Waals surface area contributed by atoms with Crippen LogP contribution >= 0.6 is 0 Å². The summed E-state index contributed by atoms with van der Waals surface area (Å²) < 4.78 is 10.4. The first kappa shape index (κ1) is 14.8. The molecule has 1 rings (SSSR count). The highest BCUT2D eigenvalue weighted by atomic mass is 16.5. The standard InChI is InChI=1S/C14H21NO3/c1-4-14(11(2)3)15-8-12(16)9-17-10-13-6-5-7-18-13/h1,5-7,11-12,14-16H,8-10H2,2-3H3. The van der Waals surface area contributed by atoms with Crippen LogP contribution in [0.25, 0.3) is 0 Å². The zero-order chi connectivity index (χ0) is 13.4. The third kappa shape index (κ3) is 5.37. The van der Waals surface area contributed by atoms with E-state index in [0.717, 1.165) is 5.76 Å². The van der Waals surface area contributed by atoms with Gasteiger partial charge in [0.2, 0.25) is 0 Å². The van der Waals surface area contributed by atoms with E-state index in [1.807, 2.05) is 19.9 Å². The van der Waals surface area contributed by atoms with Crippen molar-refractivity contribution in [3.05, 3.63) is 24.2 Å². The van der Waals surface area contributed by atoms with Gasteiger partial charge in [0, 0.05) is 6.54 Å². The van der Waals surface area contributed by atoms with Gasteiger partial charge in [-0.2, -0.15) is 0 Å². The number of rotatable bonds is 8. The van der Waals surface area contributed by atoms with E-state index < -0.39 is 6.10 Å². The summed E-state index contributed by atoms with van der Waals surface area (Å²) in [5, 5.41) is 12.8. The number of terminal acetylenes is 1. The molecule has 2 atom stereocenters. The van der Waals surface area contributed by atoms with Crippen molar-refractivity contribution in [3.8, 4) is 12.3 Å². The van der Waals surface area contributed by atoms with E-state index in [9.17, 15) is 5.11 Å². The minimum absolute atomic E-state index is 0.0234. The van der Waals surface area contributed by atoms with Gasteiger partial charge in [0.1, 0.15) is 12.4 Å². The molecule has 0 bridgehead atoms. The molecule has 18 heavy (non-hydrogen) atoms. The van der Waals surface area contributed by atoms with Gasteiger partial charge in [-0.3, -0.25) is 0 Å². The number of aliphatic hydroxyl groups excluding tert-OH is 1. The summed E-state index contributed by atoms with van der Waals surface area (Å²) in [6.07, 6.45) is 6.41. The lowest BCUT2D eigenvalue weighted by Gasteiger charge is -2.19. The van der Waals surface area contributed by atoms with Gasteiger partial charge in [-0.05, 0) is 18.1 Å². The molecule has 0 saturated carbocycles. The Morgan fingerprint density at radius 3 is 2.89 bits per heavy atom. The van der Waals surface area contributed by atoms with E-state index in [2.05, 4.69) is 11.2 Å². The molecule has 1 aromatic heterocycles. The first-order valence-corrected chi connectivity index (χ1v) is 6.11. The number of furan rings is 1. The van der Waals surface area contributed by atoms with Crippen LogP contribution in [0.4, 0.5) is 0 Å². The summed E-state index contributed by atoms with van der Waals surface area (Å²) in [5.41, 5.74) is 0. The molecule has 0 amide bonds. The maximum Gasteiger partial charge on any atom is 0.129 e. The maximum atomic E-state index is 9.72. The van der Waals surface area contributed by atoms with Gasteiger partial charge >= 0.3 is 0 Å². The molecule has 0 saturated heterocycles. The third-order valence-electron chi connectivity index (χ3n) is 2.55. The van der Waals surface area contributed by atoms with Crippen molar-refractivity contribution >= 4 is 0 Å². The summed E-state index contributed by atoms with van der Waals surface area (Å²) in [4.78, 5) is 0. The number of nitrogens with one attached hydrogen (secondary N) is 1. The molecule has 0 spiro atoms. The molecule has 2 N–H and O–H groups in total. The van der Waals surface area contributed by atoms with Crippen LogP contribution in [0.15, 0.2) is 22.8 Å². The SMILES string of the molecule is C#CC(NCC(O)COCc1ccco1)C(C)C. The number of ether oxygens (including phenoxy) is 1. The number of aliphatic hydroxyl groups is 1. The average molecular weight is 251 g/mol. The predicted molar refractivity (Wildman–Crippen MR) is 69.8 cm³/mol. The highest BCUT2D eigenvalue weighted by molar-refractivity contribution is 5.00. The van der Waals surface area contributed by atoms with Crippen molar-refractivity contribution in [3.63, 3.8) is 0 Å². The predicted octanol–water partition coefficient (Wildman–Crippen LogP) is 1.40. The quantitative estimate of drug-likeness (QED) is 0.686. The largest absolute Gasteiger partial charge is 0.467 e. The summed E-state index contributed by atoms with van der Waals surface area (Å²) in [5.74, 6) is 3.75. The third-order valence-corrected chi connectivity index (χ3v) is 2.55. The van der Waals surface area contributed by atoms with Crippen LogP contribution in [0.1, 0.15) is 19.6 Å². The van der Waals surface area contributed by atoms with Crippen LogP contribution < -0.4 is 5.32 Å². The Morgan fingerprint density at radius 2 is 2.33 bits per heavy atom. The molecule has 0 aliphatic carbocycles. The Bertz CT molecular complexity index is 354. The van der Waals surface area contributed by atoms with Crippen LogP contribution in [0, 0.1) is 18.3 Å². The van der Waals surface area contributed by atoms with Crippen molar-refractivity contribution in [1.29, 1.82) is 0 Å². The fourth-order valence-corrected chi connectivity index (χ4v) is 1.50. The number of hydrogen-bond acceptors (Lipinski definition) is 4. The van der Waals surface area contributed by atoms with Gasteiger partial charge in [-0.15, -0.1) is 6.42 Å². The Hall–Kier alpha value is -1.28. The van der Waals surface area contributed by atoms with E-state index in [1.54, 1.807) is 12.3 Å². The van der Waals surface area contributed by atoms with E-state index in [1.165, 1.54) is 0 Å². The normalized spacial score (nSPS) is 14.4. The first-order chi connectivity index (χ1) is 8.63. The van der Waals surface area contributed by atoms with Crippen molar-refractivity contribution in [2.24, 2.45) is 5.92 Å². The minimum Gasteiger partial charge on any atom is -0.467 e. The zero-order valence-electron chi connectivity index (χ0n) is 10.9. The van der Waals surface area contributed by atoms with Crippen molar-refractivity contribution < 1.29 is 14.3 Å². The molecule has 0 fully saturated rings. The molecule has 1 heterocycles. The van der Waals surface area contributed by atoms with Crippen LogP contribution in [0.2, 0.25) is 0 Å². The maximum absolute atomic E-state index is 9.72. The van der Waals surface area contributed by atoms with Gasteiger partial charge in [0.25, 0.3) is 0 Å². The molecule has 1 aromatic rings. The van der Waals surface area contributed by atoms with Gasteiger partial charge in [-0.1, -0.05) is 19.8 Å². The van der Waals surface area contributed by atoms with E-state index in [-0.39, 0.29) is 12.6 Å². The lowest BCUT2D eigenvalue weighted by molar-refractivity contribution is 0.0217. The molecule has 0 aromatic carbocycles. The van der Waals surface area contributed by atoms with E-state index in [0.29, 0.717) is 19.1 Å². The fourth-order valence-electron chi connectivity index (χ4n) is 1.50. The molecular formula is C14H21NO3. The van der Waals surface area contributed by atoms with Gasteiger partial charge in [0.15, 0.2) is 0 Å². The Labute approximate surface area is 108 Å². The first-order valence-electron chi connectivity index (χ1n) is 6.11. The number of hydrogen-bond donors (Lipinski definition) is 2. The lowest BCUT2D eigenvalue weighted by atomic mass is 10.1. The molecule has 0 aliphatic rings. The molecule has 2 unspecified atom stereocenters. The summed E-state index contributed by atoms with van der Waals surface area (Å²) >= 11 is 0. The van der Waals surface area contributed by atoms with Gasteiger partial charge in [-0.25, -0.2) is 0 Å². The second kappa shape index (κ2) is 7.93. The van der Waals surface area contributed by atoms with Crippen molar-refractivity contribution in [2.45, 2.75) is 32.6 Å². The van der Waals surface area contributed by atoms with E-state index in [4.69, 9.17) is 15.6 Å². The smallest absolute Gasteiger partial charge is 0.129 e. The molecule has 4 heteroatoms. The van der Waals surface area contributed by atoms with Gasteiger partial charge in [0.05, 0.1) is 25.0 Å². The van der Waals surface area contributed by atoms with Crippen LogP contribution in [0.5, 0.6) is 0 Å². The lowest BCUT2D eigenvalue weighted by Crippen LogP contribution is -2.39. The topological polar surface area (TPSA) is 54.6 Å². The zero-order valence-corrected chi connectivity index (χ0v) is 10.9. The molecule has 0 radical (unpaired) electrons. The Morgan fingerprint density at radius 1 is 1.56 bits per heavy atom. The Kier molecular flexibility index (Phi) is 6.51.